The zero-order chi connectivity index (χ0) is 13.2. The maximum Gasteiger partial charge on any atom is 0.316 e. The van der Waals surface area contributed by atoms with Crippen LogP contribution in [0, 0.1) is 6.92 Å². The third-order valence-electron chi connectivity index (χ3n) is 2.61. The second-order valence-corrected chi connectivity index (χ2v) is 5.11. The van der Waals surface area contributed by atoms with Crippen molar-refractivity contribution in [3.8, 4) is 5.75 Å². The van der Waals surface area contributed by atoms with Gasteiger partial charge in [-0.2, -0.15) is 0 Å². The first-order valence-corrected chi connectivity index (χ1v) is 5.51. The Balaban J connectivity index is 3.32. The first kappa shape index (κ1) is 13.4. The van der Waals surface area contributed by atoms with Crippen LogP contribution in [0.4, 0.5) is 10.5 Å². The summed E-state index contributed by atoms with van der Waals surface area (Å²) in [6.45, 7) is 8.18. The molecule has 0 unspecified atom stereocenters. The minimum Gasteiger partial charge on any atom is -0.496 e. The lowest BCUT2D eigenvalue weighted by molar-refractivity contribution is 0.259. The molecule has 4 nitrogen and oxygen atoms in total. The van der Waals surface area contributed by atoms with Gasteiger partial charge in [0, 0.05) is 11.3 Å². The van der Waals surface area contributed by atoms with E-state index in [0.717, 1.165) is 22.6 Å². The number of hydrogen-bond donors (Lipinski definition) is 2. The van der Waals surface area contributed by atoms with Crippen molar-refractivity contribution in [3.63, 3.8) is 0 Å². The Morgan fingerprint density at radius 2 is 1.94 bits per heavy atom. The average Bonchev–Trinajstić information content (AvgIpc) is 2.18. The number of anilines is 1. The molecule has 0 radical (unpaired) electrons. The van der Waals surface area contributed by atoms with Crippen LogP contribution in [-0.2, 0) is 5.41 Å². The highest BCUT2D eigenvalue weighted by Gasteiger charge is 2.20. The number of aryl methyl sites for hydroxylation is 1. The van der Waals surface area contributed by atoms with Crippen molar-refractivity contribution >= 4 is 11.7 Å². The van der Waals surface area contributed by atoms with Crippen molar-refractivity contribution in [2.45, 2.75) is 33.1 Å². The van der Waals surface area contributed by atoms with Crippen molar-refractivity contribution in [3.05, 3.63) is 23.3 Å². The van der Waals surface area contributed by atoms with E-state index in [1.807, 2.05) is 19.1 Å². The van der Waals surface area contributed by atoms with Gasteiger partial charge in [0.05, 0.1) is 7.11 Å². The van der Waals surface area contributed by atoms with Crippen LogP contribution in [0.15, 0.2) is 12.1 Å². The fourth-order valence-corrected chi connectivity index (χ4v) is 1.70. The normalized spacial score (nSPS) is 11.1. The lowest BCUT2D eigenvalue weighted by Crippen LogP contribution is -2.21. The van der Waals surface area contributed by atoms with E-state index >= 15 is 0 Å². The number of rotatable bonds is 2. The number of carbonyl (C=O) groups is 1. The van der Waals surface area contributed by atoms with Crippen molar-refractivity contribution in [1.82, 2.24) is 0 Å². The quantitative estimate of drug-likeness (QED) is 0.829. The topological polar surface area (TPSA) is 64.3 Å². The molecule has 0 bridgehead atoms. The molecule has 0 fully saturated rings. The number of ether oxygens (including phenoxy) is 1. The highest BCUT2D eigenvalue weighted by atomic mass is 16.5. The van der Waals surface area contributed by atoms with Gasteiger partial charge in [-0.05, 0) is 30.0 Å². The summed E-state index contributed by atoms with van der Waals surface area (Å²) in [5.74, 6) is 0.824. The Labute approximate surface area is 102 Å². The van der Waals surface area contributed by atoms with Crippen molar-refractivity contribution in [2.75, 3.05) is 12.4 Å². The molecule has 0 spiro atoms. The molecule has 0 heterocycles. The Hall–Kier alpha value is -1.71. The maximum absolute atomic E-state index is 10.9. The lowest BCUT2D eigenvalue weighted by Gasteiger charge is -2.24. The summed E-state index contributed by atoms with van der Waals surface area (Å²) < 4.78 is 5.37. The van der Waals surface area contributed by atoms with Gasteiger partial charge in [-0.25, -0.2) is 4.79 Å². The van der Waals surface area contributed by atoms with Gasteiger partial charge in [0.1, 0.15) is 5.75 Å². The molecule has 94 valence electrons. The molecule has 4 heteroatoms. The fourth-order valence-electron chi connectivity index (χ4n) is 1.70. The summed E-state index contributed by atoms with van der Waals surface area (Å²) in [5, 5.41) is 2.62. The largest absolute Gasteiger partial charge is 0.496 e. The molecule has 1 aromatic carbocycles. The summed E-state index contributed by atoms with van der Waals surface area (Å²) in [4.78, 5) is 10.9. The van der Waals surface area contributed by atoms with E-state index in [-0.39, 0.29) is 5.41 Å². The molecule has 1 aromatic rings. The summed E-state index contributed by atoms with van der Waals surface area (Å²) in [6.07, 6.45) is 0. The molecule has 1 rings (SSSR count). The second kappa shape index (κ2) is 4.65. The van der Waals surface area contributed by atoms with Crippen molar-refractivity contribution < 1.29 is 9.53 Å². The summed E-state index contributed by atoms with van der Waals surface area (Å²) in [6, 6.07) is 3.27. The van der Waals surface area contributed by atoms with Gasteiger partial charge >= 0.3 is 6.03 Å². The molecular formula is C13H20N2O2. The van der Waals surface area contributed by atoms with E-state index < -0.39 is 6.03 Å². The van der Waals surface area contributed by atoms with E-state index in [4.69, 9.17) is 10.5 Å². The summed E-state index contributed by atoms with van der Waals surface area (Å²) >= 11 is 0. The number of nitrogens with two attached hydrogens (primary N) is 1. The molecule has 0 saturated carbocycles. The molecular weight excluding hydrogens is 216 g/mol. The third kappa shape index (κ3) is 3.12. The average molecular weight is 236 g/mol. The zero-order valence-electron chi connectivity index (χ0n) is 11.0. The van der Waals surface area contributed by atoms with Gasteiger partial charge in [-0.3, -0.25) is 0 Å². The molecule has 0 saturated heterocycles. The highest BCUT2D eigenvalue weighted by Crippen LogP contribution is 2.35. The van der Waals surface area contributed by atoms with Crippen LogP contribution in [0.25, 0.3) is 0 Å². The van der Waals surface area contributed by atoms with E-state index in [0.29, 0.717) is 0 Å². The van der Waals surface area contributed by atoms with Gasteiger partial charge < -0.3 is 15.8 Å². The maximum atomic E-state index is 10.9. The Morgan fingerprint density at radius 1 is 1.35 bits per heavy atom. The number of nitrogens with one attached hydrogen (secondary N) is 1. The highest BCUT2D eigenvalue weighted by molar-refractivity contribution is 5.89. The monoisotopic (exact) mass is 236 g/mol. The van der Waals surface area contributed by atoms with Gasteiger partial charge in [-0.1, -0.05) is 20.8 Å². The number of amides is 2. The number of methoxy groups -OCH3 is 1. The predicted octanol–water partition coefficient (Wildman–Crippen LogP) is 2.79. The second-order valence-electron chi connectivity index (χ2n) is 5.11. The first-order valence-electron chi connectivity index (χ1n) is 5.51. The third-order valence-corrected chi connectivity index (χ3v) is 2.61. The van der Waals surface area contributed by atoms with Crippen molar-refractivity contribution in [2.24, 2.45) is 5.73 Å². The van der Waals surface area contributed by atoms with Crippen LogP contribution in [0.2, 0.25) is 0 Å². The number of hydrogen-bond acceptors (Lipinski definition) is 2. The van der Waals surface area contributed by atoms with Crippen LogP contribution >= 0.6 is 0 Å². The Bertz CT molecular complexity index is 434. The molecule has 3 N–H and O–H groups in total. The van der Waals surface area contributed by atoms with Gasteiger partial charge in [0.15, 0.2) is 0 Å². The lowest BCUT2D eigenvalue weighted by atomic mass is 9.85. The molecule has 0 aliphatic rings. The number of primary amides is 1. The van der Waals surface area contributed by atoms with Gasteiger partial charge in [0.2, 0.25) is 0 Å². The molecule has 0 aliphatic heterocycles. The minimum atomic E-state index is -0.557. The SMILES string of the molecule is COc1cc(C)c(NC(N)=O)cc1C(C)(C)C. The molecule has 0 aliphatic carbocycles. The van der Waals surface area contributed by atoms with Gasteiger partial charge in [-0.15, -0.1) is 0 Å². The molecule has 0 aromatic heterocycles. The van der Waals surface area contributed by atoms with E-state index in [9.17, 15) is 4.79 Å². The Kier molecular flexibility index (Phi) is 3.66. The summed E-state index contributed by atoms with van der Waals surface area (Å²) in [5.41, 5.74) is 7.77. The molecule has 2 amide bonds. The standard InChI is InChI=1S/C13H20N2O2/c1-8-6-11(17-5)9(13(2,3)4)7-10(8)15-12(14)16/h6-7H,1-5H3,(H3,14,15,16). The fraction of sp³-hybridized carbons (Fsp3) is 0.462. The van der Waals surface area contributed by atoms with Crippen LogP contribution < -0.4 is 15.8 Å². The zero-order valence-corrected chi connectivity index (χ0v) is 11.0. The smallest absolute Gasteiger partial charge is 0.316 e. The van der Waals surface area contributed by atoms with Gasteiger partial charge in [0.25, 0.3) is 0 Å². The van der Waals surface area contributed by atoms with Crippen LogP contribution in [0.3, 0.4) is 0 Å². The molecule has 17 heavy (non-hydrogen) atoms. The minimum absolute atomic E-state index is 0.0624. The number of carbonyl (C=O) groups excluding carboxylic acids is 1. The molecule has 0 atom stereocenters. The van der Waals surface area contributed by atoms with Crippen molar-refractivity contribution in [1.29, 1.82) is 0 Å². The van der Waals surface area contributed by atoms with E-state index in [1.54, 1.807) is 7.11 Å². The number of benzene rings is 1. The summed E-state index contributed by atoms with van der Waals surface area (Å²) in [7, 11) is 1.64. The van der Waals surface area contributed by atoms with Crippen LogP contribution in [-0.4, -0.2) is 13.1 Å². The number of urea groups is 1. The van der Waals surface area contributed by atoms with Crippen LogP contribution in [0.1, 0.15) is 31.9 Å². The van der Waals surface area contributed by atoms with E-state index in [2.05, 4.69) is 26.1 Å². The first-order chi connectivity index (χ1) is 7.75. The van der Waals surface area contributed by atoms with E-state index in [1.165, 1.54) is 0 Å². The predicted molar refractivity (Wildman–Crippen MR) is 69.6 cm³/mol. The van der Waals surface area contributed by atoms with Crippen LogP contribution in [0.5, 0.6) is 5.75 Å². The Morgan fingerprint density at radius 3 is 2.35 bits per heavy atom.